The van der Waals surface area contributed by atoms with Gasteiger partial charge in [0, 0.05) is 49.7 Å². The van der Waals surface area contributed by atoms with Gasteiger partial charge in [-0.15, -0.1) is 0 Å². The molecule has 0 bridgehead atoms. The van der Waals surface area contributed by atoms with E-state index in [1.807, 2.05) is 55.4 Å². The van der Waals surface area contributed by atoms with Crippen molar-refractivity contribution >= 4 is 17.3 Å². The molecule has 3 rings (SSSR count). The van der Waals surface area contributed by atoms with Crippen LogP contribution in [0.25, 0.3) is 11.3 Å². The van der Waals surface area contributed by atoms with Crippen LogP contribution in [-0.2, 0) is 7.05 Å². The minimum absolute atomic E-state index is 0.167. The summed E-state index contributed by atoms with van der Waals surface area (Å²) in [6.07, 6.45) is 0. The fourth-order valence-electron chi connectivity index (χ4n) is 2.53. The molecule has 0 spiro atoms. The zero-order chi connectivity index (χ0) is 18.7. The van der Waals surface area contributed by atoms with Crippen LogP contribution < -0.4 is 15.8 Å². The topological polar surface area (TPSA) is 67.2 Å². The van der Waals surface area contributed by atoms with Crippen molar-refractivity contribution < 1.29 is 4.79 Å². The summed E-state index contributed by atoms with van der Waals surface area (Å²) in [4.78, 5) is 25.9. The fourth-order valence-corrected chi connectivity index (χ4v) is 2.53. The van der Waals surface area contributed by atoms with Gasteiger partial charge in [0.1, 0.15) is 0 Å². The standard InChI is InChI=1S/C20H20N4O2/c1-23(2)17-9-7-14(8-10-17)20(26)21-16-6-4-5-15(13-16)18-11-12-19(25)24(3)22-18/h4-13H,1-3H3,(H,21,26). The molecule has 6 nitrogen and oxygen atoms in total. The fraction of sp³-hybridized carbons (Fsp3) is 0.150. The first-order chi connectivity index (χ1) is 12.4. The van der Waals surface area contributed by atoms with Crippen LogP contribution in [-0.4, -0.2) is 29.8 Å². The summed E-state index contributed by atoms with van der Waals surface area (Å²) >= 11 is 0. The van der Waals surface area contributed by atoms with E-state index in [0.717, 1.165) is 11.3 Å². The summed E-state index contributed by atoms with van der Waals surface area (Å²) in [6, 6.07) is 17.9. The number of carbonyl (C=O) groups excluding carboxylic acids is 1. The highest BCUT2D eigenvalue weighted by molar-refractivity contribution is 6.04. The lowest BCUT2D eigenvalue weighted by atomic mass is 10.1. The second kappa shape index (κ2) is 7.23. The van der Waals surface area contributed by atoms with E-state index in [0.29, 0.717) is 16.9 Å². The van der Waals surface area contributed by atoms with Crippen molar-refractivity contribution in [1.29, 1.82) is 0 Å². The highest BCUT2D eigenvalue weighted by atomic mass is 16.1. The molecule has 0 unspecified atom stereocenters. The third-order valence-corrected chi connectivity index (χ3v) is 4.02. The molecular weight excluding hydrogens is 328 g/mol. The zero-order valence-corrected chi connectivity index (χ0v) is 14.9. The van der Waals surface area contributed by atoms with E-state index in [1.54, 1.807) is 25.2 Å². The molecule has 26 heavy (non-hydrogen) atoms. The molecule has 1 N–H and O–H groups in total. The van der Waals surface area contributed by atoms with Crippen LogP contribution in [0.5, 0.6) is 0 Å². The van der Waals surface area contributed by atoms with Crippen LogP contribution >= 0.6 is 0 Å². The molecule has 0 aliphatic carbocycles. The maximum atomic E-state index is 12.5. The lowest BCUT2D eigenvalue weighted by Gasteiger charge is -2.13. The Bertz CT molecular complexity index is 991. The lowest BCUT2D eigenvalue weighted by molar-refractivity contribution is 0.102. The Morgan fingerprint density at radius 2 is 1.77 bits per heavy atom. The van der Waals surface area contributed by atoms with Crippen molar-refractivity contribution in [2.24, 2.45) is 7.05 Å². The second-order valence-corrected chi connectivity index (χ2v) is 6.16. The molecule has 0 saturated heterocycles. The third kappa shape index (κ3) is 3.80. The van der Waals surface area contributed by atoms with Gasteiger partial charge in [-0.05, 0) is 42.5 Å². The molecule has 0 aliphatic heterocycles. The lowest BCUT2D eigenvalue weighted by Crippen LogP contribution is -2.18. The molecule has 2 aromatic carbocycles. The number of benzene rings is 2. The van der Waals surface area contributed by atoms with E-state index in [4.69, 9.17) is 0 Å². The molecular formula is C20H20N4O2. The number of nitrogens with zero attached hydrogens (tertiary/aromatic N) is 3. The molecule has 1 amide bonds. The van der Waals surface area contributed by atoms with Crippen LogP contribution in [0.1, 0.15) is 10.4 Å². The maximum absolute atomic E-state index is 12.5. The van der Waals surface area contributed by atoms with Crippen molar-refractivity contribution in [2.75, 3.05) is 24.3 Å². The Labute approximate surface area is 151 Å². The number of carbonyl (C=O) groups is 1. The summed E-state index contributed by atoms with van der Waals surface area (Å²) in [5, 5.41) is 7.13. The van der Waals surface area contributed by atoms with E-state index in [2.05, 4.69) is 10.4 Å². The summed E-state index contributed by atoms with van der Waals surface area (Å²) in [6.45, 7) is 0. The Kier molecular flexibility index (Phi) is 4.84. The molecule has 0 saturated carbocycles. The van der Waals surface area contributed by atoms with Crippen LogP contribution in [0.4, 0.5) is 11.4 Å². The molecule has 1 heterocycles. The minimum atomic E-state index is -0.180. The number of hydrogen-bond donors (Lipinski definition) is 1. The highest BCUT2D eigenvalue weighted by Crippen LogP contribution is 2.21. The van der Waals surface area contributed by atoms with Gasteiger partial charge >= 0.3 is 0 Å². The summed E-state index contributed by atoms with van der Waals surface area (Å²) in [7, 11) is 5.51. The number of aryl methyl sites for hydroxylation is 1. The summed E-state index contributed by atoms with van der Waals surface area (Å²) in [5.74, 6) is -0.180. The first kappa shape index (κ1) is 17.4. The quantitative estimate of drug-likeness (QED) is 0.787. The Balaban J connectivity index is 1.80. The van der Waals surface area contributed by atoms with E-state index in [-0.39, 0.29) is 11.5 Å². The van der Waals surface area contributed by atoms with Crippen LogP contribution in [0.15, 0.2) is 65.5 Å². The number of nitrogens with one attached hydrogen (secondary N) is 1. The normalized spacial score (nSPS) is 10.4. The first-order valence-electron chi connectivity index (χ1n) is 8.17. The molecule has 1 aromatic heterocycles. The monoisotopic (exact) mass is 348 g/mol. The van der Waals surface area contributed by atoms with Gasteiger partial charge in [-0.2, -0.15) is 5.10 Å². The highest BCUT2D eigenvalue weighted by Gasteiger charge is 2.08. The van der Waals surface area contributed by atoms with Crippen LogP contribution in [0.3, 0.4) is 0 Å². The van der Waals surface area contributed by atoms with Crippen molar-refractivity contribution in [3.8, 4) is 11.3 Å². The third-order valence-electron chi connectivity index (χ3n) is 4.02. The molecule has 0 radical (unpaired) electrons. The maximum Gasteiger partial charge on any atom is 0.266 e. The summed E-state index contributed by atoms with van der Waals surface area (Å²) < 4.78 is 1.28. The van der Waals surface area contributed by atoms with Crippen molar-refractivity contribution in [2.45, 2.75) is 0 Å². The van der Waals surface area contributed by atoms with Gasteiger partial charge in [0.2, 0.25) is 0 Å². The predicted molar refractivity (Wildman–Crippen MR) is 104 cm³/mol. The van der Waals surface area contributed by atoms with E-state index in [1.165, 1.54) is 10.7 Å². The molecule has 0 aliphatic rings. The van der Waals surface area contributed by atoms with Gasteiger partial charge in [0.15, 0.2) is 0 Å². The largest absolute Gasteiger partial charge is 0.378 e. The predicted octanol–water partition coefficient (Wildman–Crippen LogP) is 2.77. The number of amides is 1. The van der Waals surface area contributed by atoms with Crippen LogP contribution in [0.2, 0.25) is 0 Å². The van der Waals surface area contributed by atoms with Crippen molar-refractivity contribution in [1.82, 2.24) is 9.78 Å². The molecule has 0 atom stereocenters. The van der Waals surface area contributed by atoms with Crippen LogP contribution in [0, 0.1) is 0 Å². The van der Waals surface area contributed by atoms with Gasteiger partial charge in [-0.1, -0.05) is 12.1 Å². The van der Waals surface area contributed by atoms with E-state index < -0.39 is 0 Å². The summed E-state index contributed by atoms with van der Waals surface area (Å²) in [5.41, 5.74) is 3.60. The van der Waals surface area contributed by atoms with E-state index >= 15 is 0 Å². The van der Waals surface area contributed by atoms with Gasteiger partial charge in [0.25, 0.3) is 11.5 Å². The van der Waals surface area contributed by atoms with Gasteiger partial charge in [-0.25, -0.2) is 4.68 Å². The average molecular weight is 348 g/mol. The van der Waals surface area contributed by atoms with Crippen molar-refractivity contribution in [3.63, 3.8) is 0 Å². The zero-order valence-electron chi connectivity index (χ0n) is 14.9. The Morgan fingerprint density at radius 1 is 1.04 bits per heavy atom. The SMILES string of the molecule is CN(C)c1ccc(C(=O)Nc2cccc(-c3ccc(=O)n(C)n3)c2)cc1. The van der Waals surface area contributed by atoms with Gasteiger partial charge in [-0.3, -0.25) is 9.59 Å². The van der Waals surface area contributed by atoms with E-state index in [9.17, 15) is 9.59 Å². The molecule has 3 aromatic rings. The van der Waals surface area contributed by atoms with Gasteiger partial charge < -0.3 is 10.2 Å². The second-order valence-electron chi connectivity index (χ2n) is 6.16. The molecule has 132 valence electrons. The number of hydrogen-bond acceptors (Lipinski definition) is 4. The van der Waals surface area contributed by atoms with Gasteiger partial charge in [0.05, 0.1) is 5.69 Å². The number of anilines is 2. The average Bonchev–Trinajstić information content (AvgIpc) is 2.64. The number of rotatable bonds is 4. The molecule has 6 heteroatoms. The molecule has 0 fully saturated rings. The smallest absolute Gasteiger partial charge is 0.266 e. The first-order valence-corrected chi connectivity index (χ1v) is 8.17. The Hall–Kier alpha value is -3.41. The Morgan fingerprint density at radius 3 is 2.42 bits per heavy atom. The van der Waals surface area contributed by atoms with Crippen molar-refractivity contribution in [3.05, 3.63) is 76.6 Å². The number of aromatic nitrogens is 2. The minimum Gasteiger partial charge on any atom is -0.378 e.